The fourth-order valence-corrected chi connectivity index (χ4v) is 7.44. The summed E-state index contributed by atoms with van der Waals surface area (Å²) in [6.07, 6.45) is 10.5. The molecule has 3 aliphatic rings. The van der Waals surface area contributed by atoms with E-state index < -0.39 is 0 Å². The maximum Gasteiger partial charge on any atom is 0.153 e. The molecule has 5 nitrogen and oxygen atoms in total. The summed E-state index contributed by atoms with van der Waals surface area (Å²) >= 11 is 0. The molecule has 3 aliphatic carbocycles. The molecule has 2 saturated carbocycles. The smallest absolute Gasteiger partial charge is 0.153 e. The van der Waals surface area contributed by atoms with Gasteiger partial charge >= 0.3 is 0 Å². The van der Waals surface area contributed by atoms with Gasteiger partial charge in [-0.2, -0.15) is 5.10 Å². The lowest BCUT2D eigenvalue weighted by atomic mass is 9.49. The van der Waals surface area contributed by atoms with Crippen molar-refractivity contribution in [3.63, 3.8) is 0 Å². The molecule has 5 rings (SSSR count). The Hall–Kier alpha value is -1.98. The molecule has 2 aromatic rings. The van der Waals surface area contributed by atoms with Crippen molar-refractivity contribution in [3.8, 4) is 5.82 Å². The van der Waals surface area contributed by atoms with Gasteiger partial charge in [0, 0.05) is 19.0 Å². The molecule has 3 N–H and O–H groups in total. The van der Waals surface area contributed by atoms with E-state index in [9.17, 15) is 5.11 Å². The standard InChI is InChI=1S/C26H36N4O/c1-17-7-8-21-20(14-27)22(9-10-25(17,21)2)26(3)13-18-15-30(24-6-4-5-11-28-24)29-23(18)12-19(26)16-31/h4-6,11,15,19-22,31H,1,7-10,12-14,16,27H2,2-3H3/t19-,20-,21+,22+,25-,26-/m1/s1. The second-order valence-corrected chi connectivity index (χ2v) is 10.7. The summed E-state index contributed by atoms with van der Waals surface area (Å²) in [7, 11) is 0. The Morgan fingerprint density at radius 3 is 2.81 bits per heavy atom. The molecular formula is C26H36N4O. The third kappa shape index (κ3) is 3.12. The van der Waals surface area contributed by atoms with E-state index in [4.69, 9.17) is 10.8 Å². The highest BCUT2D eigenvalue weighted by molar-refractivity contribution is 5.31. The van der Waals surface area contributed by atoms with Gasteiger partial charge in [-0.3, -0.25) is 0 Å². The average molecular weight is 421 g/mol. The van der Waals surface area contributed by atoms with E-state index in [0.29, 0.717) is 17.8 Å². The van der Waals surface area contributed by atoms with Gasteiger partial charge in [0.15, 0.2) is 5.82 Å². The molecule has 0 unspecified atom stereocenters. The molecule has 0 spiro atoms. The normalized spacial score (nSPS) is 37.5. The Kier molecular flexibility index (Phi) is 5.10. The number of fused-ring (bicyclic) bond motifs is 2. The number of aliphatic hydroxyl groups is 1. The number of aliphatic hydroxyl groups excluding tert-OH is 1. The third-order valence-corrected chi connectivity index (χ3v) is 9.44. The van der Waals surface area contributed by atoms with Crippen molar-refractivity contribution in [2.75, 3.05) is 13.2 Å². The van der Waals surface area contributed by atoms with E-state index in [-0.39, 0.29) is 23.4 Å². The first kappa shape index (κ1) is 20.9. The number of aromatic nitrogens is 3. The number of nitrogens with zero attached hydrogens (tertiary/aromatic N) is 3. The Morgan fingerprint density at radius 2 is 2.10 bits per heavy atom. The van der Waals surface area contributed by atoms with E-state index in [0.717, 1.165) is 37.3 Å². The van der Waals surface area contributed by atoms with Crippen molar-refractivity contribution < 1.29 is 5.11 Å². The van der Waals surface area contributed by atoms with Crippen LogP contribution in [0.5, 0.6) is 0 Å². The molecule has 2 aromatic heterocycles. The summed E-state index contributed by atoms with van der Waals surface area (Å²) < 4.78 is 1.91. The van der Waals surface area contributed by atoms with E-state index in [1.165, 1.54) is 30.4 Å². The van der Waals surface area contributed by atoms with E-state index in [1.54, 1.807) is 6.20 Å². The molecular weight excluding hydrogens is 384 g/mol. The first-order valence-corrected chi connectivity index (χ1v) is 11.9. The van der Waals surface area contributed by atoms with E-state index >= 15 is 0 Å². The average Bonchev–Trinajstić information content (AvgIpc) is 3.33. The summed E-state index contributed by atoms with van der Waals surface area (Å²) in [5.41, 5.74) is 10.6. The van der Waals surface area contributed by atoms with Crippen molar-refractivity contribution in [1.29, 1.82) is 0 Å². The highest BCUT2D eigenvalue weighted by Gasteiger charge is 2.56. The first-order valence-electron chi connectivity index (χ1n) is 11.9. The van der Waals surface area contributed by atoms with Gasteiger partial charge in [0.1, 0.15) is 0 Å². The maximum atomic E-state index is 10.5. The van der Waals surface area contributed by atoms with Crippen molar-refractivity contribution in [2.45, 2.75) is 52.4 Å². The Labute approximate surface area is 185 Å². The van der Waals surface area contributed by atoms with Crippen molar-refractivity contribution in [2.24, 2.45) is 40.2 Å². The largest absolute Gasteiger partial charge is 0.396 e. The van der Waals surface area contributed by atoms with Crippen LogP contribution in [0.2, 0.25) is 0 Å². The number of nitrogens with two attached hydrogens (primary N) is 1. The van der Waals surface area contributed by atoms with Crippen LogP contribution in [0.15, 0.2) is 42.7 Å². The van der Waals surface area contributed by atoms with E-state index in [1.807, 2.05) is 22.9 Å². The fraction of sp³-hybridized carbons (Fsp3) is 0.615. The molecule has 166 valence electrons. The van der Waals surface area contributed by atoms with Crippen molar-refractivity contribution in [1.82, 2.24) is 14.8 Å². The highest BCUT2D eigenvalue weighted by atomic mass is 16.3. The summed E-state index contributed by atoms with van der Waals surface area (Å²) in [4.78, 5) is 4.46. The molecule has 0 saturated heterocycles. The number of pyridine rings is 1. The lowest BCUT2D eigenvalue weighted by Gasteiger charge is -2.55. The molecule has 0 amide bonds. The fourth-order valence-electron chi connectivity index (χ4n) is 7.44. The Bertz CT molecular complexity index is 969. The van der Waals surface area contributed by atoms with Gasteiger partial charge in [0.2, 0.25) is 0 Å². The minimum Gasteiger partial charge on any atom is -0.396 e. The molecule has 2 heterocycles. The second kappa shape index (κ2) is 7.56. The number of rotatable bonds is 4. The number of hydrogen-bond donors (Lipinski definition) is 2. The lowest BCUT2D eigenvalue weighted by molar-refractivity contribution is -0.0536. The van der Waals surface area contributed by atoms with Crippen LogP contribution in [0, 0.1) is 34.5 Å². The predicted molar refractivity (Wildman–Crippen MR) is 123 cm³/mol. The molecule has 5 heteroatoms. The molecule has 0 radical (unpaired) electrons. The van der Waals surface area contributed by atoms with Gasteiger partial charge in [0.05, 0.1) is 5.69 Å². The molecule has 2 fully saturated rings. The Morgan fingerprint density at radius 1 is 1.26 bits per heavy atom. The van der Waals surface area contributed by atoms with E-state index in [2.05, 4.69) is 31.6 Å². The van der Waals surface area contributed by atoms with Gasteiger partial charge in [0.25, 0.3) is 0 Å². The van der Waals surface area contributed by atoms with Gasteiger partial charge in [-0.25, -0.2) is 9.67 Å². The summed E-state index contributed by atoms with van der Waals surface area (Å²) in [5, 5.41) is 15.3. The SMILES string of the molecule is C=C1CC[C@H]2[C@@H](CN)[C@@H]([C@]3(C)Cc4cn(-c5ccccn5)nc4C[C@@H]3CO)CC[C@]12C. The van der Waals surface area contributed by atoms with Crippen LogP contribution in [0.3, 0.4) is 0 Å². The van der Waals surface area contributed by atoms with Crippen LogP contribution in [0.25, 0.3) is 5.82 Å². The summed E-state index contributed by atoms with van der Waals surface area (Å²) in [6.45, 7) is 10.2. The molecule has 6 atom stereocenters. The minimum atomic E-state index is 0.0228. The van der Waals surface area contributed by atoms with Crippen LogP contribution in [0.1, 0.15) is 50.8 Å². The maximum absolute atomic E-state index is 10.5. The van der Waals surface area contributed by atoms with Crippen LogP contribution < -0.4 is 5.73 Å². The minimum absolute atomic E-state index is 0.0228. The molecule has 0 aromatic carbocycles. The lowest BCUT2D eigenvalue weighted by Crippen LogP contribution is -2.53. The first-order chi connectivity index (χ1) is 14.9. The second-order valence-electron chi connectivity index (χ2n) is 10.7. The van der Waals surface area contributed by atoms with Gasteiger partial charge < -0.3 is 10.8 Å². The topological polar surface area (TPSA) is 77.0 Å². The summed E-state index contributed by atoms with van der Waals surface area (Å²) in [6, 6.07) is 5.90. The zero-order valence-electron chi connectivity index (χ0n) is 18.9. The van der Waals surface area contributed by atoms with Crippen LogP contribution >= 0.6 is 0 Å². The highest BCUT2D eigenvalue weighted by Crippen LogP contribution is 2.62. The zero-order chi connectivity index (χ0) is 21.8. The van der Waals surface area contributed by atoms with Gasteiger partial charge in [-0.05, 0) is 97.3 Å². The van der Waals surface area contributed by atoms with Crippen LogP contribution in [-0.4, -0.2) is 33.0 Å². The number of allylic oxidation sites excluding steroid dienone is 1. The van der Waals surface area contributed by atoms with Crippen LogP contribution in [-0.2, 0) is 12.8 Å². The number of hydrogen-bond acceptors (Lipinski definition) is 4. The summed E-state index contributed by atoms with van der Waals surface area (Å²) in [5.74, 6) is 2.68. The molecule has 0 bridgehead atoms. The van der Waals surface area contributed by atoms with Gasteiger partial charge in [-0.1, -0.05) is 32.1 Å². The monoisotopic (exact) mass is 420 g/mol. The molecule has 31 heavy (non-hydrogen) atoms. The van der Waals surface area contributed by atoms with Crippen molar-refractivity contribution >= 4 is 0 Å². The zero-order valence-corrected chi connectivity index (χ0v) is 18.9. The third-order valence-electron chi connectivity index (χ3n) is 9.44. The van der Waals surface area contributed by atoms with Crippen molar-refractivity contribution in [3.05, 3.63) is 54.0 Å². The Balaban J connectivity index is 1.49. The molecule has 0 aliphatic heterocycles. The quantitative estimate of drug-likeness (QED) is 0.735. The van der Waals surface area contributed by atoms with Gasteiger partial charge in [-0.15, -0.1) is 0 Å². The van der Waals surface area contributed by atoms with Crippen LogP contribution in [0.4, 0.5) is 0 Å². The predicted octanol–water partition coefficient (Wildman–Crippen LogP) is 3.94.